The van der Waals surface area contributed by atoms with E-state index < -0.39 is 89.0 Å². The van der Waals surface area contributed by atoms with Gasteiger partial charge in [-0.25, -0.2) is 14.4 Å². The van der Waals surface area contributed by atoms with Crippen LogP contribution in [-0.4, -0.2) is 150 Å². The molecule has 72 heavy (non-hydrogen) atoms. The summed E-state index contributed by atoms with van der Waals surface area (Å²) in [6.07, 6.45) is 8.45. The number of benzene rings is 1. The van der Waals surface area contributed by atoms with Crippen LogP contribution in [0.2, 0.25) is 0 Å². The molecule has 2 aliphatic carbocycles. The number of ether oxygens (including phenoxy) is 6. The van der Waals surface area contributed by atoms with E-state index >= 15 is 0 Å². The second-order valence-corrected chi connectivity index (χ2v) is 20.9. The van der Waals surface area contributed by atoms with Gasteiger partial charge in [-0.3, -0.25) is 24.5 Å². The molecule has 2 fully saturated rings. The summed E-state index contributed by atoms with van der Waals surface area (Å²) in [7, 11) is 5.94. The van der Waals surface area contributed by atoms with Crippen molar-refractivity contribution < 1.29 is 67.1 Å². The highest BCUT2D eigenvalue weighted by molar-refractivity contribution is 8.13. The highest BCUT2D eigenvalue weighted by Gasteiger charge is 2.64. The third-order valence-corrected chi connectivity index (χ3v) is 15.2. The van der Waals surface area contributed by atoms with E-state index in [9.17, 15) is 38.7 Å². The summed E-state index contributed by atoms with van der Waals surface area (Å²) in [6.45, 7) is 12.2. The standard InChI is InChI=1S/C53H76N4O14S/c1-12-40(58)39(30-56(8)51(64)68-37-20-16-14-13-15-17-21-37)54-50(63)72-24-23-46(60)57(9)35(6)48(61)70-45-28-41(59)32(3)38-26-36(27-42(66-10)33(38)4)25-31(2)19-18-22-44(67-11)53(65)29-43(69-49(62)55-53)34(5)47-52(45,7)71-47/h16,18-20,22,26-27,32,34-35,37,39,43-45,47,65H,12-15,17,21,23-25,28-30H2,1-11H3,(H,54,63)(H,55,62)/b20-16+,22-18+,31-19+/t32?,34-,35+,37?,39?,43?,44?,45+,47+,52+,53?/m1/s1. The number of methoxy groups -OCH3 is 2. The summed E-state index contributed by atoms with van der Waals surface area (Å²) in [5, 5.41) is 16.5. The van der Waals surface area contributed by atoms with Crippen LogP contribution in [0.15, 0.2) is 48.1 Å². The minimum atomic E-state index is -1.86. The quantitative estimate of drug-likeness (QED) is 0.0736. The Morgan fingerprint density at radius 2 is 1.78 bits per heavy atom. The fourth-order valence-electron chi connectivity index (χ4n) is 9.58. The smallest absolute Gasteiger partial charge is 0.410 e. The van der Waals surface area contributed by atoms with Crippen LogP contribution in [0.5, 0.6) is 5.75 Å². The fraction of sp³-hybridized carbons (Fsp3) is 0.642. The molecule has 398 valence electrons. The van der Waals surface area contributed by atoms with Crippen LogP contribution < -0.4 is 15.4 Å². The molecule has 19 heteroatoms. The van der Waals surface area contributed by atoms with Crippen molar-refractivity contribution in [2.45, 2.75) is 173 Å². The Bertz CT molecular complexity index is 2250. The van der Waals surface area contributed by atoms with Gasteiger partial charge in [0.15, 0.2) is 11.5 Å². The van der Waals surface area contributed by atoms with Crippen molar-refractivity contribution >= 4 is 52.6 Å². The number of allylic oxidation sites excluding steroid dienone is 4. The Morgan fingerprint density at radius 1 is 1.04 bits per heavy atom. The van der Waals surface area contributed by atoms with E-state index in [4.69, 9.17) is 28.4 Å². The molecule has 4 amide bonds. The lowest BCUT2D eigenvalue weighted by molar-refractivity contribution is -0.162. The maximum absolute atomic E-state index is 14.5. The fourth-order valence-corrected chi connectivity index (χ4v) is 10.3. The number of hydrogen-bond acceptors (Lipinski definition) is 15. The number of rotatable bonds is 14. The number of aliphatic hydroxyl groups is 1. The zero-order valence-electron chi connectivity index (χ0n) is 43.8. The molecular weight excluding hydrogens is 949 g/mol. The maximum Gasteiger partial charge on any atom is 0.410 e. The molecule has 1 aromatic rings. The van der Waals surface area contributed by atoms with Crippen LogP contribution in [0.3, 0.4) is 0 Å². The zero-order valence-corrected chi connectivity index (χ0v) is 44.6. The molecule has 0 aromatic heterocycles. The second-order valence-electron chi connectivity index (χ2n) is 19.8. The van der Waals surface area contributed by atoms with Crippen LogP contribution in [0.1, 0.15) is 122 Å². The summed E-state index contributed by atoms with van der Waals surface area (Å²) in [4.78, 5) is 96.6. The summed E-state index contributed by atoms with van der Waals surface area (Å²) < 4.78 is 35.4. The first kappa shape index (κ1) is 57.7. The predicted octanol–water partition coefficient (Wildman–Crippen LogP) is 7.02. The van der Waals surface area contributed by atoms with Crippen LogP contribution in [-0.2, 0) is 49.3 Å². The summed E-state index contributed by atoms with van der Waals surface area (Å²) in [5.41, 5.74) is 0.237. The van der Waals surface area contributed by atoms with Gasteiger partial charge in [-0.1, -0.05) is 74.9 Å². The molecule has 4 aliphatic rings. The zero-order chi connectivity index (χ0) is 53.1. The molecule has 5 rings (SSSR count). The number of fused-ring (bicyclic) bond motifs is 5. The largest absolute Gasteiger partial charge is 0.496 e. The molecule has 2 heterocycles. The number of thioether (sulfide) groups is 1. The lowest BCUT2D eigenvalue weighted by Gasteiger charge is -2.42. The van der Waals surface area contributed by atoms with E-state index in [1.807, 2.05) is 44.2 Å². The predicted molar refractivity (Wildman–Crippen MR) is 271 cm³/mol. The number of likely N-dealkylation sites (N-methyl/N-ethyl adjacent to an activating group) is 2. The Balaban J connectivity index is 1.28. The molecule has 18 nitrogen and oxygen atoms in total. The normalized spacial score (nSPS) is 30.1. The highest BCUT2D eigenvalue weighted by atomic mass is 32.2. The Labute approximate surface area is 428 Å². The van der Waals surface area contributed by atoms with Crippen LogP contribution in [0.4, 0.5) is 14.4 Å². The van der Waals surface area contributed by atoms with Gasteiger partial charge >= 0.3 is 18.2 Å². The average Bonchev–Trinajstić information content (AvgIpc) is 4.03. The van der Waals surface area contributed by atoms with Gasteiger partial charge in [-0.15, -0.1) is 0 Å². The average molecular weight is 1030 g/mol. The van der Waals surface area contributed by atoms with Gasteiger partial charge in [-0.2, -0.15) is 0 Å². The van der Waals surface area contributed by atoms with Crippen molar-refractivity contribution in [3.05, 3.63) is 64.8 Å². The molecule has 11 atom stereocenters. The molecule has 3 N–H and O–H groups in total. The number of carbonyl (C=O) groups is 7. The van der Waals surface area contributed by atoms with Gasteiger partial charge in [0.2, 0.25) is 5.91 Å². The summed E-state index contributed by atoms with van der Waals surface area (Å²) in [5.74, 6) is -2.44. The molecule has 4 bridgehead atoms. The number of alkyl carbamates (subject to hydrolysis) is 1. The Hall–Kier alpha value is -5.24. The molecule has 0 saturated carbocycles. The molecule has 6 unspecified atom stereocenters. The van der Waals surface area contributed by atoms with Crippen molar-refractivity contribution in [1.29, 1.82) is 0 Å². The lowest BCUT2D eigenvalue weighted by Crippen LogP contribution is -2.63. The highest BCUT2D eigenvalue weighted by Crippen LogP contribution is 2.49. The topological polar surface area (TPSA) is 229 Å². The van der Waals surface area contributed by atoms with Crippen molar-refractivity contribution in [2.24, 2.45) is 5.92 Å². The van der Waals surface area contributed by atoms with Gasteiger partial charge in [0.05, 0.1) is 19.8 Å². The van der Waals surface area contributed by atoms with Crippen LogP contribution >= 0.6 is 11.8 Å². The van der Waals surface area contributed by atoms with E-state index in [0.717, 1.165) is 59.7 Å². The van der Waals surface area contributed by atoms with Crippen LogP contribution in [0.25, 0.3) is 0 Å². The van der Waals surface area contributed by atoms with Crippen molar-refractivity contribution in [1.82, 2.24) is 20.4 Å². The number of hydrogen-bond donors (Lipinski definition) is 3. The number of esters is 1. The number of carbonyl (C=O) groups excluding carboxylic acids is 7. The monoisotopic (exact) mass is 1020 g/mol. The van der Waals surface area contributed by atoms with E-state index in [2.05, 4.69) is 10.6 Å². The number of amides is 4. The molecular formula is C53H76N4O14S. The van der Waals surface area contributed by atoms with E-state index in [1.165, 1.54) is 37.9 Å². The third kappa shape index (κ3) is 14.7. The number of nitrogens with one attached hydrogen (secondary N) is 2. The SMILES string of the molecule is CCC(=O)C(CN(C)C(=O)OC1/C=C/CCCCC1)NC(=O)SCCC(=O)N(C)[C@@H](C)C(=O)O[C@H]1CC(=O)C(C)c2cc(cc(OC)c2C)C/C(C)=C/C=C/C(OC)C2(O)CC(OC(=O)N2)[C@@H](C)[C@@H]2O[C@@]12C. The van der Waals surface area contributed by atoms with Gasteiger partial charge in [0, 0.05) is 64.5 Å². The molecule has 0 radical (unpaired) electrons. The number of nitrogens with zero attached hydrogens (tertiary/aromatic N) is 2. The third-order valence-electron chi connectivity index (χ3n) is 14.5. The van der Waals surface area contributed by atoms with Crippen molar-refractivity contribution in [2.75, 3.05) is 40.6 Å². The van der Waals surface area contributed by atoms with Gasteiger partial charge in [0.25, 0.3) is 5.24 Å². The minimum absolute atomic E-state index is 0.00919. The first-order chi connectivity index (χ1) is 34.0. The lowest BCUT2D eigenvalue weighted by atomic mass is 9.82. The second kappa shape index (κ2) is 25.6. The first-order valence-corrected chi connectivity index (χ1v) is 26.0. The summed E-state index contributed by atoms with van der Waals surface area (Å²) in [6, 6.07) is 1.75. The molecule has 2 aliphatic heterocycles. The van der Waals surface area contributed by atoms with Crippen molar-refractivity contribution in [3.63, 3.8) is 0 Å². The molecule has 2 saturated heterocycles. The first-order valence-electron chi connectivity index (χ1n) is 25.0. The minimum Gasteiger partial charge on any atom is -0.496 e. The van der Waals surface area contributed by atoms with Gasteiger partial charge in [-0.05, 0) is 88.6 Å². The Morgan fingerprint density at radius 3 is 2.47 bits per heavy atom. The Kier molecular flexibility index (Phi) is 20.5. The van der Waals surface area contributed by atoms with E-state index in [1.54, 1.807) is 47.0 Å². The van der Waals surface area contributed by atoms with Crippen LogP contribution in [0, 0.1) is 12.8 Å². The van der Waals surface area contributed by atoms with E-state index in [0.29, 0.717) is 18.6 Å². The van der Waals surface area contributed by atoms with E-state index in [-0.39, 0.29) is 55.7 Å². The maximum atomic E-state index is 14.5. The van der Waals surface area contributed by atoms with Gasteiger partial charge < -0.3 is 48.6 Å². The molecule has 0 spiro atoms. The van der Waals surface area contributed by atoms with Crippen molar-refractivity contribution in [3.8, 4) is 5.75 Å². The number of epoxide rings is 1. The number of Topliss-reactive ketones (excluding diaryl/α,β-unsaturated/α-hetero) is 2. The van der Waals surface area contributed by atoms with Gasteiger partial charge in [0.1, 0.15) is 53.6 Å². The number of ketones is 2. The molecule has 1 aromatic carbocycles. The summed E-state index contributed by atoms with van der Waals surface area (Å²) >= 11 is 0.789.